The van der Waals surface area contributed by atoms with E-state index in [-0.39, 0.29) is 17.1 Å². The van der Waals surface area contributed by atoms with E-state index in [0.717, 1.165) is 5.69 Å². The Morgan fingerprint density at radius 2 is 1.81 bits per heavy atom. The van der Waals surface area contributed by atoms with Gasteiger partial charge in [0.2, 0.25) is 15.9 Å². The van der Waals surface area contributed by atoms with Crippen LogP contribution in [0.3, 0.4) is 0 Å². The van der Waals surface area contributed by atoms with Crippen LogP contribution in [0.5, 0.6) is 0 Å². The van der Waals surface area contributed by atoms with Crippen molar-refractivity contribution in [2.24, 2.45) is 5.41 Å². The highest BCUT2D eigenvalue weighted by Crippen LogP contribution is 2.19. The van der Waals surface area contributed by atoms with E-state index < -0.39 is 10.0 Å². The number of sulfonamides is 1. The number of piperazine rings is 1. The summed E-state index contributed by atoms with van der Waals surface area (Å²) in [5.74, 6) is 0.0550. The molecule has 0 aromatic heterocycles. The standard InChI is InChI=1S/C20H33N3O3S/c1-17-7-5-8-18(15-17)22-10-12-23(13-11-22)27(25,26)14-6-9-21-19(24)16-20(2,3)4/h5,7-8,15H,6,9-14,16H2,1-4H3,(H,21,24). The Bertz CT molecular complexity index is 733. The highest BCUT2D eigenvalue weighted by molar-refractivity contribution is 7.89. The van der Waals surface area contributed by atoms with Crippen molar-refractivity contribution in [3.05, 3.63) is 29.8 Å². The molecule has 1 N–H and O–H groups in total. The van der Waals surface area contributed by atoms with Gasteiger partial charge in [0.15, 0.2) is 0 Å². The molecule has 6 nitrogen and oxygen atoms in total. The first-order chi connectivity index (χ1) is 12.6. The number of amides is 1. The van der Waals surface area contributed by atoms with Crippen LogP contribution >= 0.6 is 0 Å². The molecule has 1 amide bonds. The van der Waals surface area contributed by atoms with Gasteiger partial charge in [0.1, 0.15) is 0 Å². The number of aryl methyl sites for hydroxylation is 1. The first-order valence-corrected chi connectivity index (χ1v) is 11.2. The molecule has 0 saturated carbocycles. The van der Waals surface area contributed by atoms with Crippen LogP contribution in [0.15, 0.2) is 24.3 Å². The van der Waals surface area contributed by atoms with Gasteiger partial charge in [-0.05, 0) is 36.5 Å². The maximum absolute atomic E-state index is 12.6. The van der Waals surface area contributed by atoms with Crippen molar-refractivity contribution < 1.29 is 13.2 Å². The van der Waals surface area contributed by atoms with Crippen molar-refractivity contribution in [1.29, 1.82) is 0 Å². The van der Waals surface area contributed by atoms with Crippen LogP contribution in [0, 0.1) is 12.3 Å². The van der Waals surface area contributed by atoms with Gasteiger partial charge in [-0.3, -0.25) is 4.79 Å². The fraction of sp³-hybridized carbons (Fsp3) is 0.650. The number of benzene rings is 1. The number of hydrogen-bond donors (Lipinski definition) is 1. The number of anilines is 1. The quantitative estimate of drug-likeness (QED) is 0.720. The van der Waals surface area contributed by atoms with E-state index in [1.54, 1.807) is 4.31 Å². The molecule has 152 valence electrons. The highest BCUT2D eigenvalue weighted by atomic mass is 32.2. The van der Waals surface area contributed by atoms with Crippen molar-refractivity contribution in [1.82, 2.24) is 9.62 Å². The van der Waals surface area contributed by atoms with Crippen LogP contribution in [-0.4, -0.2) is 57.1 Å². The molecule has 0 bridgehead atoms. The number of carbonyl (C=O) groups excluding carboxylic acids is 1. The summed E-state index contributed by atoms with van der Waals surface area (Å²) >= 11 is 0. The molecule has 2 rings (SSSR count). The van der Waals surface area contributed by atoms with Crippen LogP contribution in [0.1, 0.15) is 39.2 Å². The molecule has 1 aromatic rings. The minimum Gasteiger partial charge on any atom is -0.369 e. The maximum atomic E-state index is 12.6. The second-order valence-electron chi connectivity index (χ2n) is 8.48. The monoisotopic (exact) mass is 395 g/mol. The van der Waals surface area contributed by atoms with Crippen LogP contribution < -0.4 is 10.2 Å². The molecule has 1 aliphatic heterocycles. The SMILES string of the molecule is Cc1cccc(N2CCN(S(=O)(=O)CCCNC(=O)CC(C)(C)C)CC2)c1. The summed E-state index contributed by atoms with van der Waals surface area (Å²) in [5.41, 5.74) is 2.29. The van der Waals surface area contributed by atoms with Crippen LogP contribution in [-0.2, 0) is 14.8 Å². The summed E-state index contributed by atoms with van der Waals surface area (Å²) in [5, 5.41) is 2.82. The van der Waals surface area contributed by atoms with Gasteiger partial charge in [-0.2, -0.15) is 4.31 Å². The molecular weight excluding hydrogens is 362 g/mol. The lowest BCUT2D eigenvalue weighted by molar-refractivity contribution is -0.122. The van der Waals surface area contributed by atoms with E-state index >= 15 is 0 Å². The van der Waals surface area contributed by atoms with E-state index in [1.807, 2.05) is 26.8 Å². The van der Waals surface area contributed by atoms with Gasteiger partial charge in [-0.25, -0.2) is 8.42 Å². The molecule has 1 aromatic carbocycles. The smallest absolute Gasteiger partial charge is 0.220 e. The lowest BCUT2D eigenvalue weighted by atomic mass is 9.92. The van der Waals surface area contributed by atoms with Crippen LogP contribution in [0.4, 0.5) is 5.69 Å². The maximum Gasteiger partial charge on any atom is 0.220 e. The third-order valence-electron chi connectivity index (χ3n) is 4.59. The number of carbonyl (C=O) groups is 1. The fourth-order valence-corrected chi connectivity index (χ4v) is 4.69. The topological polar surface area (TPSA) is 69.7 Å². The largest absolute Gasteiger partial charge is 0.369 e. The van der Waals surface area contributed by atoms with E-state index in [2.05, 4.69) is 35.3 Å². The normalized spacial score (nSPS) is 16.4. The Morgan fingerprint density at radius 1 is 1.15 bits per heavy atom. The third kappa shape index (κ3) is 7.14. The van der Waals surface area contributed by atoms with Crippen molar-refractivity contribution >= 4 is 21.6 Å². The van der Waals surface area contributed by atoms with Crippen molar-refractivity contribution in [3.63, 3.8) is 0 Å². The number of nitrogens with zero attached hydrogens (tertiary/aromatic N) is 2. The van der Waals surface area contributed by atoms with E-state index in [0.29, 0.717) is 45.6 Å². The number of hydrogen-bond acceptors (Lipinski definition) is 4. The summed E-state index contributed by atoms with van der Waals surface area (Å²) in [6.07, 6.45) is 0.886. The molecule has 1 saturated heterocycles. The van der Waals surface area contributed by atoms with Crippen molar-refractivity contribution in [3.8, 4) is 0 Å². The molecule has 0 spiro atoms. The molecule has 1 heterocycles. The predicted octanol–water partition coefficient (Wildman–Crippen LogP) is 2.39. The van der Waals surface area contributed by atoms with Crippen molar-refractivity contribution in [2.75, 3.05) is 43.4 Å². The molecule has 0 atom stereocenters. The van der Waals surface area contributed by atoms with E-state index in [1.165, 1.54) is 5.56 Å². The molecule has 0 aliphatic carbocycles. The van der Waals surface area contributed by atoms with Gasteiger partial charge in [0.25, 0.3) is 0 Å². The predicted molar refractivity (Wildman–Crippen MR) is 110 cm³/mol. The average molecular weight is 396 g/mol. The Balaban J connectivity index is 1.75. The lowest BCUT2D eigenvalue weighted by Gasteiger charge is -2.35. The highest BCUT2D eigenvalue weighted by Gasteiger charge is 2.26. The first-order valence-electron chi connectivity index (χ1n) is 9.63. The minimum atomic E-state index is -3.27. The van der Waals surface area contributed by atoms with Gasteiger partial charge in [0, 0.05) is 44.8 Å². The molecule has 1 aliphatic rings. The van der Waals surface area contributed by atoms with Crippen LogP contribution in [0.25, 0.3) is 0 Å². The second kappa shape index (κ2) is 9.06. The summed E-state index contributed by atoms with van der Waals surface area (Å²) in [6.45, 7) is 10.9. The van der Waals surface area contributed by atoms with Gasteiger partial charge in [-0.1, -0.05) is 32.9 Å². The zero-order valence-electron chi connectivity index (χ0n) is 17.0. The summed E-state index contributed by atoms with van der Waals surface area (Å²) in [4.78, 5) is 14.0. The van der Waals surface area contributed by atoms with Gasteiger partial charge in [0.05, 0.1) is 5.75 Å². The minimum absolute atomic E-state index is 0.0216. The third-order valence-corrected chi connectivity index (χ3v) is 6.55. The molecule has 1 fully saturated rings. The summed E-state index contributed by atoms with van der Waals surface area (Å²) in [7, 11) is -3.27. The molecule has 0 unspecified atom stereocenters. The van der Waals surface area contributed by atoms with Crippen LogP contribution in [0.2, 0.25) is 0 Å². The Hall–Kier alpha value is -1.60. The summed E-state index contributed by atoms with van der Waals surface area (Å²) in [6, 6.07) is 8.29. The Morgan fingerprint density at radius 3 is 2.41 bits per heavy atom. The second-order valence-corrected chi connectivity index (χ2v) is 10.6. The summed E-state index contributed by atoms with van der Waals surface area (Å²) < 4.78 is 26.7. The molecule has 7 heteroatoms. The molecular formula is C20H33N3O3S. The molecule has 0 radical (unpaired) electrons. The van der Waals surface area contributed by atoms with Gasteiger partial charge < -0.3 is 10.2 Å². The van der Waals surface area contributed by atoms with Gasteiger partial charge >= 0.3 is 0 Å². The first kappa shape index (κ1) is 21.7. The van der Waals surface area contributed by atoms with Crippen molar-refractivity contribution in [2.45, 2.75) is 40.5 Å². The fourth-order valence-electron chi connectivity index (χ4n) is 3.20. The molecule has 27 heavy (non-hydrogen) atoms. The Kier molecular flexibility index (Phi) is 7.28. The Labute approximate surface area is 164 Å². The zero-order chi connectivity index (χ0) is 20.1. The zero-order valence-corrected chi connectivity index (χ0v) is 17.8. The van der Waals surface area contributed by atoms with Gasteiger partial charge in [-0.15, -0.1) is 0 Å². The van der Waals surface area contributed by atoms with E-state index in [4.69, 9.17) is 0 Å². The van der Waals surface area contributed by atoms with E-state index in [9.17, 15) is 13.2 Å². The number of nitrogens with one attached hydrogen (secondary N) is 1. The average Bonchev–Trinajstić information content (AvgIpc) is 2.57. The number of rotatable bonds is 7. The lowest BCUT2D eigenvalue weighted by Crippen LogP contribution is -2.49.